The third-order valence-electron chi connectivity index (χ3n) is 3.87. The smallest absolute Gasteiger partial charge is 0.153 e. The van der Waals surface area contributed by atoms with E-state index in [0.717, 1.165) is 12.5 Å². The summed E-state index contributed by atoms with van der Waals surface area (Å²) in [5, 5.41) is -0.341. The summed E-state index contributed by atoms with van der Waals surface area (Å²) in [6.45, 7) is 6.05. The second-order valence-electron chi connectivity index (χ2n) is 5.92. The van der Waals surface area contributed by atoms with Gasteiger partial charge in [-0.3, -0.25) is 0 Å². The lowest BCUT2D eigenvalue weighted by molar-refractivity contribution is 0.534. The molecule has 2 atom stereocenters. The van der Waals surface area contributed by atoms with E-state index in [1.807, 2.05) is 4.57 Å². The van der Waals surface area contributed by atoms with Crippen LogP contribution in [0.15, 0.2) is 12.1 Å². The van der Waals surface area contributed by atoms with Crippen LogP contribution < -0.4 is 0 Å². The summed E-state index contributed by atoms with van der Waals surface area (Å²) in [5.41, 5.74) is 0.818. The van der Waals surface area contributed by atoms with Crippen LogP contribution in [0.25, 0.3) is 11.0 Å². The number of aromatic nitrogens is 2. The van der Waals surface area contributed by atoms with Gasteiger partial charge in [-0.2, -0.15) is 0 Å². The van der Waals surface area contributed by atoms with Crippen LogP contribution in [-0.2, 0) is 0 Å². The minimum atomic E-state index is -0.634. The Morgan fingerprint density at radius 1 is 1.42 bits per heavy atom. The Labute approximate surface area is 115 Å². The number of benzene rings is 1. The van der Waals surface area contributed by atoms with Gasteiger partial charge in [0.05, 0.1) is 10.9 Å². The fourth-order valence-electron chi connectivity index (χ4n) is 2.63. The minimum absolute atomic E-state index is 0.122. The molecule has 102 valence electrons. The highest BCUT2D eigenvalue weighted by Gasteiger charge is 2.48. The Morgan fingerprint density at radius 2 is 2.05 bits per heavy atom. The van der Waals surface area contributed by atoms with E-state index in [2.05, 4.69) is 18.8 Å². The van der Waals surface area contributed by atoms with Gasteiger partial charge in [0.15, 0.2) is 5.82 Å². The molecule has 2 nitrogen and oxygen atoms in total. The molecule has 2 unspecified atom stereocenters. The summed E-state index contributed by atoms with van der Waals surface area (Å²) >= 11 is 6.14. The number of halogens is 3. The number of rotatable bonds is 2. The molecule has 0 N–H and O–H groups in total. The van der Waals surface area contributed by atoms with Crippen LogP contribution in [0.1, 0.15) is 44.4 Å². The van der Waals surface area contributed by atoms with Crippen molar-refractivity contribution in [3.05, 3.63) is 29.6 Å². The zero-order valence-electron chi connectivity index (χ0n) is 11.0. The second kappa shape index (κ2) is 3.92. The van der Waals surface area contributed by atoms with Crippen molar-refractivity contribution in [2.24, 2.45) is 5.41 Å². The van der Waals surface area contributed by atoms with E-state index in [-0.39, 0.29) is 22.4 Å². The van der Waals surface area contributed by atoms with Gasteiger partial charge in [-0.05, 0) is 24.8 Å². The predicted octanol–water partition coefficient (Wildman–Crippen LogP) is 4.59. The van der Waals surface area contributed by atoms with E-state index in [1.54, 1.807) is 6.92 Å². The number of fused-ring (bicyclic) bond motifs is 1. The van der Waals surface area contributed by atoms with Crippen LogP contribution >= 0.6 is 11.6 Å². The van der Waals surface area contributed by atoms with Crippen molar-refractivity contribution in [1.82, 2.24) is 9.55 Å². The number of hydrogen-bond donors (Lipinski definition) is 0. The maximum Gasteiger partial charge on any atom is 0.153 e. The molecule has 0 radical (unpaired) electrons. The van der Waals surface area contributed by atoms with Gasteiger partial charge >= 0.3 is 0 Å². The van der Waals surface area contributed by atoms with Crippen LogP contribution in [0, 0.1) is 17.0 Å². The fraction of sp³-hybridized carbons (Fsp3) is 0.500. The molecule has 3 rings (SSSR count). The molecule has 1 aromatic heterocycles. The van der Waals surface area contributed by atoms with Gasteiger partial charge in [-0.15, -0.1) is 11.6 Å². The van der Waals surface area contributed by atoms with E-state index in [9.17, 15) is 8.78 Å². The van der Waals surface area contributed by atoms with Crippen molar-refractivity contribution < 1.29 is 8.78 Å². The lowest BCUT2D eigenvalue weighted by Gasteiger charge is -2.12. The first-order valence-corrected chi connectivity index (χ1v) is 6.76. The largest absolute Gasteiger partial charge is 0.323 e. The molecule has 0 saturated heterocycles. The van der Waals surface area contributed by atoms with Gasteiger partial charge in [0.1, 0.15) is 17.2 Å². The van der Waals surface area contributed by atoms with E-state index in [0.29, 0.717) is 11.3 Å². The summed E-state index contributed by atoms with van der Waals surface area (Å²) in [6, 6.07) is 2.40. The monoisotopic (exact) mass is 284 g/mol. The lowest BCUT2D eigenvalue weighted by atomic mass is 10.2. The Hall–Kier alpha value is -1.16. The van der Waals surface area contributed by atoms with Crippen molar-refractivity contribution in [2.75, 3.05) is 0 Å². The van der Waals surface area contributed by atoms with Gasteiger partial charge in [-0.1, -0.05) is 13.8 Å². The number of nitrogens with zero attached hydrogens (tertiary/aromatic N) is 2. The summed E-state index contributed by atoms with van der Waals surface area (Å²) in [6.07, 6.45) is 0.965. The third-order valence-corrected chi connectivity index (χ3v) is 4.06. The Bertz CT molecular complexity index is 661. The topological polar surface area (TPSA) is 17.8 Å². The van der Waals surface area contributed by atoms with E-state index >= 15 is 0 Å². The van der Waals surface area contributed by atoms with Crippen molar-refractivity contribution in [3.8, 4) is 0 Å². The Morgan fingerprint density at radius 3 is 2.58 bits per heavy atom. The average molecular weight is 285 g/mol. The van der Waals surface area contributed by atoms with E-state index in [4.69, 9.17) is 11.6 Å². The molecule has 1 fully saturated rings. The molecular weight excluding hydrogens is 270 g/mol. The molecule has 5 heteroatoms. The molecule has 0 aliphatic heterocycles. The first-order valence-electron chi connectivity index (χ1n) is 6.32. The number of hydrogen-bond acceptors (Lipinski definition) is 1. The molecule has 0 spiro atoms. The number of alkyl halides is 1. The minimum Gasteiger partial charge on any atom is -0.323 e. The predicted molar refractivity (Wildman–Crippen MR) is 71.4 cm³/mol. The highest BCUT2D eigenvalue weighted by atomic mass is 35.5. The van der Waals surface area contributed by atoms with Crippen LogP contribution in [0.2, 0.25) is 0 Å². The molecule has 1 aliphatic rings. The standard InChI is InChI=1S/C14H15ClF2N2/c1-7(15)13-18-12-9(17)4-8(16)5-10(12)19(13)11-6-14(11,2)3/h4-5,7,11H,6H2,1-3H3. The molecule has 0 bridgehead atoms. The van der Waals surface area contributed by atoms with Gasteiger partial charge in [-0.25, -0.2) is 13.8 Å². The van der Waals surface area contributed by atoms with Crippen LogP contribution in [0.3, 0.4) is 0 Å². The zero-order chi connectivity index (χ0) is 13.9. The molecule has 1 saturated carbocycles. The van der Waals surface area contributed by atoms with E-state index in [1.165, 1.54) is 6.07 Å². The maximum atomic E-state index is 13.8. The van der Waals surface area contributed by atoms with Crippen LogP contribution in [0.5, 0.6) is 0 Å². The number of imidazole rings is 1. The highest BCUT2D eigenvalue weighted by Crippen LogP contribution is 2.57. The maximum absolute atomic E-state index is 13.8. The first-order chi connectivity index (χ1) is 8.81. The van der Waals surface area contributed by atoms with Crippen molar-refractivity contribution in [3.63, 3.8) is 0 Å². The molecule has 1 heterocycles. The summed E-state index contributed by atoms with van der Waals surface area (Å²) in [7, 11) is 0. The van der Waals surface area contributed by atoms with Gasteiger partial charge in [0, 0.05) is 12.1 Å². The molecule has 1 aliphatic carbocycles. The third kappa shape index (κ3) is 1.93. The average Bonchev–Trinajstić information content (AvgIpc) is 2.74. The molecule has 1 aromatic carbocycles. The van der Waals surface area contributed by atoms with Crippen molar-refractivity contribution in [2.45, 2.75) is 38.6 Å². The quantitative estimate of drug-likeness (QED) is 0.738. The van der Waals surface area contributed by atoms with Crippen LogP contribution in [-0.4, -0.2) is 9.55 Å². The summed E-state index contributed by atoms with van der Waals surface area (Å²) in [4.78, 5) is 4.27. The lowest BCUT2D eigenvalue weighted by Crippen LogP contribution is -2.06. The van der Waals surface area contributed by atoms with Gasteiger partial charge in [0.2, 0.25) is 0 Å². The van der Waals surface area contributed by atoms with E-state index < -0.39 is 11.6 Å². The highest BCUT2D eigenvalue weighted by molar-refractivity contribution is 6.20. The molecule has 19 heavy (non-hydrogen) atoms. The normalized spacial score (nSPS) is 22.7. The fourth-order valence-corrected chi connectivity index (χ4v) is 2.78. The van der Waals surface area contributed by atoms with Gasteiger partial charge in [0.25, 0.3) is 0 Å². The van der Waals surface area contributed by atoms with Crippen molar-refractivity contribution >= 4 is 22.6 Å². The summed E-state index contributed by atoms with van der Waals surface area (Å²) < 4.78 is 29.2. The molecule has 0 amide bonds. The zero-order valence-corrected chi connectivity index (χ0v) is 11.8. The van der Waals surface area contributed by atoms with Crippen LogP contribution in [0.4, 0.5) is 8.78 Å². The first kappa shape index (κ1) is 12.9. The molecular formula is C14H15ClF2N2. The van der Waals surface area contributed by atoms with Crippen molar-refractivity contribution in [1.29, 1.82) is 0 Å². The summed E-state index contributed by atoms with van der Waals surface area (Å²) in [5.74, 6) is -0.610. The van der Waals surface area contributed by atoms with Gasteiger partial charge < -0.3 is 4.57 Å². The molecule has 2 aromatic rings. The Kier molecular flexibility index (Phi) is 2.65. The second-order valence-corrected chi connectivity index (χ2v) is 6.57. The SMILES string of the molecule is CC(Cl)c1nc2c(F)cc(F)cc2n1C1CC1(C)C. The Balaban J connectivity index is 2.30.